The van der Waals surface area contributed by atoms with Crippen LogP contribution in [0.25, 0.3) is 10.2 Å². The molecule has 0 saturated heterocycles. The molecule has 1 heterocycles. The predicted octanol–water partition coefficient (Wildman–Crippen LogP) is 4.75. The SMILES string of the molecule is Cc1cccc(OCC(=O)Nc2nc3c(C(C)C)cccc3s2)c1. The molecule has 0 bridgehead atoms. The van der Waals surface area contributed by atoms with Gasteiger partial charge in [0.05, 0.1) is 10.2 Å². The second kappa shape index (κ2) is 7.01. The number of nitrogens with zero attached hydrogens (tertiary/aromatic N) is 1. The van der Waals surface area contributed by atoms with Crippen molar-refractivity contribution in [2.24, 2.45) is 0 Å². The van der Waals surface area contributed by atoms with Gasteiger partial charge < -0.3 is 4.74 Å². The maximum absolute atomic E-state index is 12.1. The second-order valence-electron chi connectivity index (χ2n) is 6.02. The van der Waals surface area contributed by atoms with E-state index < -0.39 is 0 Å². The summed E-state index contributed by atoms with van der Waals surface area (Å²) in [6.45, 7) is 6.24. The lowest BCUT2D eigenvalue weighted by molar-refractivity contribution is -0.118. The maximum atomic E-state index is 12.1. The fourth-order valence-electron chi connectivity index (χ4n) is 2.50. The minimum absolute atomic E-state index is 0.0313. The van der Waals surface area contributed by atoms with Gasteiger partial charge in [-0.05, 0) is 42.2 Å². The first kappa shape index (κ1) is 16.5. The van der Waals surface area contributed by atoms with Gasteiger partial charge in [-0.2, -0.15) is 0 Å². The molecule has 124 valence electrons. The standard InChI is InChI=1S/C19H20N2O2S/c1-12(2)15-8-5-9-16-18(15)21-19(24-16)20-17(22)11-23-14-7-4-6-13(3)10-14/h4-10,12H,11H2,1-3H3,(H,20,21,22). The quantitative estimate of drug-likeness (QED) is 0.729. The van der Waals surface area contributed by atoms with Gasteiger partial charge in [0.25, 0.3) is 5.91 Å². The molecule has 1 N–H and O–H groups in total. The van der Waals surface area contributed by atoms with Crippen LogP contribution >= 0.6 is 11.3 Å². The summed E-state index contributed by atoms with van der Waals surface area (Å²) in [7, 11) is 0. The maximum Gasteiger partial charge on any atom is 0.264 e. The zero-order valence-electron chi connectivity index (χ0n) is 14.0. The van der Waals surface area contributed by atoms with E-state index in [0.29, 0.717) is 16.8 Å². The Hall–Kier alpha value is -2.40. The van der Waals surface area contributed by atoms with E-state index >= 15 is 0 Å². The molecular weight excluding hydrogens is 320 g/mol. The van der Waals surface area contributed by atoms with E-state index in [1.165, 1.54) is 16.9 Å². The lowest BCUT2D eigenvalue weighted by Gasteiger charge is -2.06. The number of para-hydroxylation sites is 1. The van der Waals surface area contributed by atoms with Crippen molar-refractivity contribution in [2.75, 3.05) is 11.9 Å². The summed E-state index contributed by atoms with van der Waals surface area (Å²) in [5, 5.41) is 3.43. The third kappa shape index (κ3) is 3.74. The average Bonchev–Trinajstić information content (AvgIpc) is 2.94. The number of aromatic nitrogens is 1. The van der Waals surface area contributed by atoms with Gasteiger partial charge in [0.15, 0.2) is 11.7 Å². The molecule has 0 atom stereocenters. The van der Waals surface area contributed by atoms with Gasteiger partial charge in [-0.3, -0.25) is 10.1 Å². The first-order valence-electron chi connectivity index (χ1n) is 7.91. The number of thiazole rings is 1. The molecule has 0 aliphatic rings. The zero-order chi connectivity index (χ0) is 17.1. The fraction of sp³-hybridized carbons (Fsp3) is 0.263. The summed E-state index contributed by atoms with van der Waals surface area (Å²) in [5.41, 5.74) is 3.26. The third-order valence-corrected chi connectivity index (χ3v) is 4.61. The van der Waals surface area contributed by atoms with Crippen LogP contribution < -0.4 is 10.1 Å². The predicted molar refractivity (Wildman–Crippen MR) is 99.0 cm³/mol. The smallest absolute Gasteiger partial charge is 0.264 e. The molecule has 4 nitrogen and oxygen atoms in total. The first-order chi connectivity index (χ1) is 11.5. The van der Waals surface area contributed by atoms with E-state index in [1.54, 1.807) is 0 Å². The van der Waals surface area contributed by atoms with Gasteiger partial charge in [0.1, 0.15) is 5.75 Å². The van der Waals surface area contributed by atoms with Crippen LogP contribution in [0.15, 0.2) is 42.5 Å². The summed E-state index contributed by atoms with van der Waals surface area (Å²) >= 11 is 1.48. The number of ether oxygens (including phenoxy) is 1. The van der Waals surface area contributed by atoms with Crippen molar-refractivity contribution in [2.45, 2.75) is 26.7 Å². The summed E-state index contributed by atoms with van der Waals surface area (Å²) in [6, 6.07) is 13.8. The Morgan fingerprint density at radius 3 is 2.79 bits per heavy atom. The lowest BCUT2D eigenvalue weighted by Crippen LogP contribution is -2.20. The molecule has 0 fully saturated rings. The van der Waals surface area contributed by atoms with Crippen LogP contribution in [0.3, 0.4) is 0 Å². The van der Waals surface area contributed by atoms with Crippen LogP contribution in [0.5, 0.6) is 5.75 Å². The molecule has 0 spiro atoms. The molecule has 0 unspecified atom stereocenters. The minimum atomic E-state index is -0.207. The molecule has 24 heavy (non-hydrogen) atoms. The van der Waals surface area contributed by atoms with E-state index in [9.17, 15) is 4.79 Å². The van der Waals surface area contributed by atoms with E-state index in [0.717, 1.165) is 15.8 Å². The first-order valence-corrected chi connectivity index (χ1v) is 8.73. The molecule has 1 amide bonds. The van der Waals surface area contributed by atoms with E-state index in [-0.39, 0.29) is 12.5 Å². The van der Waals surface area contributed by atoms with Gasteiger partial charge in [0.2, 0.25) is 0 Å². The van der Waals surface area contributed by atoms with E-state index in [4.69, 9.17) is 4.74 Å². The number of anilines is 1. The Morgan fingerprint density at radius 2 is 2.04 bits per heavy atom. The van der Waals surface area contributed by atoms with Gasteiger partial charge in [-0.1, -0.05) is 49.4 Å². The highest BCUT2D eigenvalue weighted by Crippen LogP contribution is 2.31. The molecule has 5 heteroatoms. The van der Waals surface area contributed by atoms with Crippen molar-refractivity contribution in [3.05, 3.63) is 53.6 Å². The number of hydrogen-bond donors (Lipinski definition) is 1. The van der Waals surface area contributed by atoms with Gasteiger partial charge in [0, 0.05) is 0 Å². The number of aryl methyl sites for hydroxylation is 1. The highest BCUT2D eigenvalue weighted by Gasteiger charge is 2.12. The van der Waals surface area contributed by atoms with Crippen LogP contribution in [0.1, 0.15) is 30.9 Å². The van der Waals surface area contributed by atoms with Crippen molar-refractivity contribution in [1.82, 2.24) is 4.98 Å². The second-order valence-corrected chi connectivity index (χ2v) is 7.05. The van der Waals surface area contributed by atoms with E-state index in [2.05, 4.69) is 30.2 Å². The monoisotopic (exact) mass is 340 g/mol. The molecule has 1 aromatic heterocycles. The lowest BCUT2D eigenvalue weighted by atomic mass is 10.0. The summed E-state index contributed by atoms with van der Waals surface area (Å²) in [6.07, 6.45) is 0. The topological polar surface area (TPSA) is 51.2 Å². The summed E-state index contributed by atoms with van der Waals surface area (Å²) < 4.78 is 6.60. The number of amides is 1. The highest BCUT2D eigenvalue weighted by atomic mass is 32.1. The molecule has 2 aromatic carbocycles. The third-order valence-electron chi connectivity index (χ3n) is 3.68. The summed E-state index contributed by atoms with van der Waals surface area (Å²) in [4.78, 5) is 16.7. The van der Waals surface area contributed by atoms with Crippen molar-refractivity contribution >= 4 is 32.6 Å². The molecular formula is C19H20N2O2S. The largest absolute Gasteiger partial charge is 0.484 e. The highest BCUT2D eigenvalue weighted by molar-refractivity contribution is 7.22. The molecule has 0 saturated carbocycles. The number of benzene rings is 2. The number of hydrogen-bond acceptors (Lipinski definition) is 4. The molecule has 3 rings (SSSR count). The number of rotatable bonds is 5. The van der Waals surface area contributed by atoms with Crippen LogP contribution in [0.2, 0.25) is 0 Å². The number of carbonyl (C=O) groups excluding carboxylic acids is 1. The minimum Gasteiger partial charge on any atom is -0.484 e. The van der Waals surface area contributed by atoms with Crippen molar-refractivity contribution in [3.8, 4) is 5.75 Å². The van der Waals surface area contributed by atoms with Crippen molar-refractivity contribution in [1.29, 1.82) is 0 Å². The van der Waals surface area contributed by atoms with Crippen LogP contribution in [-0.2, 0) is 4.79 Å². The Morgan fingerprint density at radius 1 is 1.25 bits per heavy atom. The normalized spacial score (nSPS) is 11.0. The number of nitrogens with one attached hydrogen (secondary N) is 1. The van der Waals surface area contributed by atoms with E-state index in [1.807, 2.05) is 43.3 Å². The average molecular weight is 340 g/mol. The molecule has 0 radical (unpaired) electrons. The van der Waals surface area contributed by atoms with Gasteiger partial charge in [-0.25, -0.2) is 4.98 Å². The zero-order valence-corrected chi connectivity index (χ0v) is 14.8. The Kier molecular flexibility index (Phi) is 4.81. The number of fused-ring (bicyclic) bond motifs is 1. The van der Waals surface area contributed by atoms with Crippen LogP contribution in [0.4, 0.5) is 5.13 Å². The Bertz CT molecular complexity index is 871. The summed E-state index contributed by atoms with van der Waals surface area (Å²) in [5.74, 6) is 0.877. The van der Waals surface area contributed by atoms with Crippen LogP contribution in [-0.4, -0.2) is 17.5 Å². The van der Waals surface area contributed by atoms with Crippen LogP contribution in [0, 0.1) is 6.92 Å². The number of carbonyl (C=O) groups is 1. The molecule has 0 aliphatic carbocycles. The fourth-order valence-corrected chi connectivity index (χ4v) is 3.42. The molecule has 0 aliphatic heterocycles. The molecule has 3 aromatic rings. The van der Waals surface area contributed by atoms with Crippen molar-refractivity contribution < 1.29 is 9.53 Å². The Labute approximate surface area is 145 Å². The van der Waals surface area contributed by atoms with Gasteiger partial charge >= 0.3 is 0 Å². The van der Waals surface area contributed by atoms with Gasteiger partial charge in [-0.15, -0.1) is 0 Å². The van der Waals surface area contributed by atoms with Crippen molar-refractivity contribution in [3.63, 3.8) is 0 Å². The Balaban J connectivity index is 1.68.